The summed E-state index contributed by atoms with van der Waals surface area (Å²) in [6, 6.07) is 11.9. The lowest BCUT2D eigenvalue weighted by Gasteiger charge is -2.26. The molecule has 7 heteroatoms. The van der Waals surface area contributed by atoms with E-state index in [2.05, 4.69) is 0 Å². The van der Waals surface area contributed by atoms with Crippen LogP contribution in [0.3, 0.4) is 0 Å². The van der Waals surface area contributed by atoms with E-state index in [-0.39, 0.29) is 11.3 Å². The molecule has 182 valence electrons. The number of aliphatic hydroxyl groups is 1. The average Bonchev–Trinajstić information content (AvgIpc) is 3.07. The summed E-state index contributed by atoms with van der Waals surface area (Å²) in [6.45, 7) is 5.70. The highest BCUT2D eigenvalue weighted by Crippen LogP contribution is 2.40. The van der Waals surface area contributed by atoms with Gasteiger partial charge in [0.05, 0.1) is 25.3 Å². The predicted molar refractivity (Wildman–Crippen MR) is 132 cm³/mol. The van der Waals surface area contributed by atoms with Crippen LogP contribution in [0.1, 0.15) is 42.5 Å². The minimum atomic E-state index is -0.676. The van der Waals surface area contributed by atoms with Gasteiger partial charge in [-0.3, -0.25) is 9.59 Å². The molecule has 7 nitrogen and oxygen atoms in total. The van der Waals surface area contributed by atoms with Crippen molar-refractivity contribution in [3.05, 3.63) is 64.7 Å². The van der Waals surface area contributed by atoms with Crippen molar-refractivity contribution in [2.75, 3.05) is 40.9 Å². The fourth-order valence-corrected chi connectivity index (χ4v) is 4.13. The Balaban J connectivity index is 2.05. The van der Waals surface area contributed by atoms with E-state index in [1.165, 1.54) is 0 Å². The summed E-state index contributed by atoms with van der Waals surface area (Å²) in [5.74, 6) is -0.0480. The van der Waals surface area contributed by atoms with E-state index in [1.807, 2.05) is 45.0 Å². The molecule has 0 unspecified atom stereocenters. The van der Waals surface area contributed by atoms with Crippen LogP contribution in [0.2, 0.25) is 0 Å². The SMILES string of the molecule is CCCOc1ccc(C(O)=C2C(=O)C(=O)N(CCCN(C)C)[C@@H]2c2ccc(OC)cc2)cc1C. The van der Waals surface area contributed by atoms with E-state index in [4.69, 9.17) is 9.47 Å². The molecular weight excluding hydrogens is 432 g/mol. The maximum absolute atomic E-state index is 13.2. The molecule has 1 atom stereocenters. The lowest BCUT2D eigenvalue weighted by Crippen LogP contribution is -2.32. The summed E-state index contributed by atoms with van der Waals surface area (Å²) in [6.07, 6.45) is 1.59. The molecule has 1 amide bonds. The first-order chi connectivity index (χ1) is 16.3. The molecule has 1 fully saturated rings. The summed E-state index contributed by atoms with van der Waals surface area (Å²) < 4.78 is 11.0. The predicted octanol–water partition coefficient (Wildman–Crippen LogP) is 4.17. The van der Waals surface area contributed by atoms with E-state index in [0.29, 0.717) is 30.9 Å². The maximum atomic E-state index is 13.2. The molecule has 1 heterocycles. The molecule has 3 rings (SSSR count). The van der Waals surface area contributed by atoms with Gasteiger partial charge in [0.25, 0.3) is 11.7 Å². The van der Waals surface area contributed by atoms with Gasteiger partial charge in [-0.25, -0.2) is 0 Å². The molecule has 1 aliphatic rings. The van der Waals surface area contributed by atoms with Crippen LogP contribution in [-0.2, 0) is 9.59 Å². The zero-order valence-electron chi connectivity index (χ0n) is 20.6. The second-order valence-corrected chi connectivity index (χ2v) is 8.75. The Hall–Kier alpha value is -3.32. The van der Waals surface area contributed by atoms with Gasteiger partial charge in [-0.2, -0.15) is 0 Å². The number of ether oxygens (including phenoxy) is 2. The molecule has 1 aliphatic heterocycles. The van der Waals surface area contributed by atoms with Crippen molar-refractivity contribution >= 4 is 17.4 Å². The number of likely N-dealkylation sites (tertiary alicyclic amines) is 1. The summed E-state index contributed by atoms with van der Waals surface area (Å²) in [5, 5.41) is 11.3. The smallest absolute Gasteiger partial charge is 0.295 e. The number of benzene rings is 2. The Bertz CT molecular complexity index is 1060. The lowest BCUT2D eigenvalue weighted by atomic mass is 9.94. The van der Waals surface area contributed by atoms with Gasteiger partial charge in [0, 0.05) is 12.1 Å². The van der Waals surface area contributed by atoms with Crippen molar-refractivity contribution < 1.29 is 24.2 Å². The number of carbonyl (C=O) groups is 2. The van der Waals surface area contributed by atoms with Crippen molar-refractivity contribution in [3.8, 4) is 11.5 Å². The molecule has 0 saturated carbocycles. The third-order valence-corrected chi connectivity index (χ3v) is 5.89. The number of Topliss-reactive ketones (excluding diaryl/α,β-unsaturated/α-hetero) is 1. The summed E-state index contributed by atoms with van der Waals surface area (Å²) in [7, 11) is 5.51. The molecule has 1 N–H and O–H groups in total. The molecule has 1 saturated heterocycles. The van der Waals surface area contributed by atoms with Gasteiger partial charge in [-0.1, -0.05) is 19.1 Å². The van der Waals surface area contributed by atoms with Crippen LogP contribution in [0.5, 0.6) is 11.5 Å². The highest BCUT2D eigenvalue weighted by Gasteiger charge is 2.45. The van der Waals surface area contributed by atoms with Crippen LogP contribution in [0, 0.1) is 6.92 Å². The number of amides is 1. The van der Waals surface area contributed by atoms with E-state index < -0.39 is 17.7 Å². The normalized spacial score (nSPS) is 17.5. The fourth-order valence-electron chi connectivity index (χ4n) is 4.13. The first-order valence-corrected chi connectivity index (χ1v) is 11.6. The molecule has 2 aromatic rings. The Kier molecular flexibility index (Phi) is 8.34. The average molecular weight is 467 g/mol. The Labute approximate surface area is 201 Å². The van der Waals surface area contributed by atoms with Crippen molar-refractivity contribution in [1.29, 1.82) is 0 Å². The highest BCUT2D eigenvalue weighted by atomic mass is 16.5. The number of methoxy groups -OCH3 is 1. The van der Waals surface area contributed by atoms with Crippen LogP contribution in [0.25, 0.3) is 5.76 Å². The maximum Gasteiger partial charge on any atom is 0.295 e. The van der Waals surface area contributed by atoms with Crippen LogP contribution in [0.4, 0.5) is 0 Å². The first kappa shape index (κ1) is 25.3. The van der Waals surface area contributed by atoms with Crippen molar-refractivity contribution in [3.63, 3.8) is 0 Å². The number of carbonyl (C=O) groups excluding carboxylic acids is 2. The monoisotopic (exact) mass is 466 g/mol. The number of hydrogen-bond acceptors (Lipinski definition) is 6. The number of aryl methyl sites for hydroxylation is 1. The van der Waals surface area contributed by atoms with Crippen LogP contribution in [-0.4, -0.2) is 67.5 Å². The Morgan fingerprint density at radius 3 is 2.41 bits per heavy atom. The minimum absolute atomic E-state index is 0.0987. The number of hydrogen-bond donors (Lipinski definition) is 1. The molecule has 34 heavy (non-hydrogen) atoms. The standard InChI is InChI=1S/C27H34N2O5/c1-6-16-34-22-13-10-20(17-18(22)2)25(30)23-24(19-8-11-21(33-5)12-9-19)29(27(32)26(23)31)15-7-14-28(3)4/h8-13,17,24,30H,6-7,14-16H2,1-5H3/t24-/m1/s1. The first-order valence-electron chi connectivity index (χ1n) is 11.6. The van der Waals surface area contributed by atoms with Crippen molar-refractivity contribution in [2.45, 2.75) is 32.7 Å². The molecule has 0 spiro atoms. The molecule has 2 aromatic carbocycles. The van der Waals surface area contributed by atoms with E-state index in [1.54, 1.807) is 42.3 Å². The van der Waals surface area contributed by atoms with Gasteiger partial charge in [0.2, 0.25) is 0 Å². The zero-order chi connectivity index (χ0) is 24.8. The Morgan fingerprint density at radius 1 is 1.12 bits per heavy atom. The third-order valence-electron chi connectivity index (χ3n) is 5.89. The van der Waals surface area contributed by atoms with E-state index >= 15 is 0 Å². The number of ketones is 1. The van der Waals surface area contributed by atoms with Crippen LogP contribution in [0.15, 0.2) is 48.0 Å². The molecule has 0 bridgehead atoms. The zero-order valence-corrected chi connectivity index (χ0v) is 20.6. The number of rotatable bonds is 10. The second kappa shape index (κ2) is 11.2. The molecule has 0 radical (unpaired) electrons. The Morgan fingerprint density at radius 2 is 1.82 bits per heavy atom. The highest BCUT2D eigenvalue weighted by molar-refractivity contribution is 6.46. The number of aliphatic hydroxyl groups excluding tert-OH is 1. The summed E-state index contributed by atoms with van der Waals surface area (Å²) in [4.78, 5) is 29.8. The van der Waals surface area contributed by atoms with Gasteiger partial charge in [0.15, 0.2) is 0 Å². The van der Waals surface area contributed by atoms with Gasteiger partial charge >= 0.3 is 0 Å². The molecule has 0 aliphatic carbocycles. The minimum Gasteiger partial charge on any atom is -0.507 e. The number of nitrogens with zero attached hydrogens (tertiary/aromatic N) is 2. The van der Waals surface area contributed by atoms with E-state index in [9.17, 15) is 14.7 Å². The second-order valence-electron chi connectivity index (χ2n) is 8.75. The van der Waals surface area contributed by atoms with Crippen molar-refractivity contribution in [2.24, 2.45) is 0 Å². The quantitative estimate of drug-likeness (QED) is 0.322. The van der Waals surface area contributed by atoms with Gasteiger partial charge in [-0.15, -0.1) is 0 Å². The largest absolute Gasteiger partial charge is 0.507 e. The molecular formula is C27H34N2O5. The summed E-state index contributed by atoms with van der Waals surface area (Å²) in [5.41, 5.74) is 2.16. The van der Waals surface area contributed by atoms with E-state index in [0.717, 1.165) is 29.8 Å². The van der Waals surface area contributed by atoms with Crippen LogP contribution < -0.4 is 9.47 Å². The molecule has 0 aromatic heterocycles. The van der Waals surface area contributed by atoms with Gasteiger partial charge < -0.3 is 24.4 Å². The topological polar surface area (TPSA) is 79.3 Å². The lowest BCUT2D eigenvalue weighted by molar-refractivity contribution is -0.139. The third kappa shape index (κ3) is 5.42. The summed E-state index contributed by atoms with van der Waals surface area (Å²) >= 11 is 0. The van der Waals surface area contributed by atoms with Crippen molar-refractivity contribution in [1.82, 2.24) is 9.80 Å². The fraction of sp³-hybridized carbons (Fsp3) is 0.407. The van der Waals surface area contributed by atoms with Crippen LogP contribution >= 0.6 is 0 Å². The van der Waals surface area contributed by atoms with Gasteiger partial charge in [-0.05, 0) is 81.9 Å². The van der Waals surface area contributed by atoms with Gasteiger partial charge in [0.1, 0.15) is 17.3 Å².